The van der Waals surface area contributed by atoms with Crippen molar-refractivity contribution in [2.24, 2.45) is 0 Å². The third-order valence-electron chi connectivity index (χ3n) is 5.65. The second kappa shape index (κ2) is 11.6. The molecule has 0 saturated heterocycles. The fourth-order valence-corrected chi connectivity index (χ4v) is 4.53. The van der Waals surface area contributed by atoms with E-state index >= 15 is 0 Å². The summed E-state index contributed by atoms with van der Waals surface area (Å²) >= 11 is 0. The first kappa shape index (κ1) is 28.3. The number of methoxy groups -OCH3 is 1. The van der Waals surface area contributed by atoms with Crippen LogP contribution in [0.4, 0.5) is 35.0 Å². The lowest BCUT2D eigenvalue weighted by atomic mass is 10.2. The van der Waals surface area contributed by atoms with Crippen molar-refractivity contribution in [3.8, 4) is 17.6 Å². The smallest absolute Gasteiger partial charge is 0.406 e. The number of anilines is 3. The minimum Gasteiger partial charge on any atom is -0.495 e. The average Bonchev–Trinajstić information content (AvgIpc) is 3.23. The molecule has 13 heteroatoms. The van der Waals surface area contributed by atoms with Gasteiger partial charge in [0.25, 0.3) is 0 Å². The summed E-state index contributed by atoms with van der Waals surface area (Å²) in [5, 5.41) is 8.67. The lowest BCUT2D eigenvalue weighted by Gasteiger charge is -2.12. The summed E-state index contributed by atoms with van der Waals surface area (Å²) in [6.45, 7) is -1.25. The molecule has 2 heterocycles. The summed E-state index contributed by atoms with van der Waals surface area (Å²) in [7, 11) is -2.05. The first-order chi connectivity index (χ1) is 18.9. The Bertz CT molecular complexity index is 1710. The van der Waals surface area contributed by atoms with Gasteiger partial charge < -0.3 is 25.3 Å². The van der Waals surface area contributed by atoms with Crippen molar-refractivity contribution in [3.05, 3.63) is 72.7 Å². The third kappa shape index (κ3) is 7.03. The number of halogens is 3. The molecule has 208 valence electrons. The quantitative estimate of drug-likeness (QED) is 0.266. The molecule has 0 aliphatic rings. The molecule has 0 saturated carbocycles. The number of hydrogen-bond acceptors (Lipinski definition) is 6. The molecule has 2 aromatic carbocycles. The van der Waals surface area contributed by atoms with Crippen LogP contribution in [0.5, 0.6) is 5.75 Å². The van der Waals surface area contributed by atoms with Crippen molar-refractivity contribution < 1.29 is 31.1 Å². The maximum atomic E-state index is 13.5. The van der Waals surface area contributed by atoms with E-state index in [1.54, 1.807) is 24.3 Å². The van der Waals surface area contributed by atoms with Crippen LogP contribution in [0, 0.1) is 11.8 Å². The molecule has 0 spiro atoms. The van der Waals surface area contributed by atoms with E-state index < -0.39 is 28.6 Å². The van der Waals surface area contributed by atoms with Crippen LogP contribution in [-0.4, -0.2) is 50.1 Å². The van der Waals surface area contributed by atoms with Crippen LogP contribution in [0.2, 0.25) is 0 Å². The number of carbonyl (C=O) groups excluding carboxylic acids is 1. The summed E-state index contributed by atoms with van der Waals surface area (Å²) in [5.74, 6) is 5.84. The Morgan fingerprint density at radius 2 is 1.80 bits per heavy atom. The Balaban J connectivity index is 1.60. The molecule has 0 aliphatic carbocycles. The van der Waals surface area contributed by atoms with Gasteiger partial charge in [-0.15, -0.1) is 0 Å². The van der Waals surface area contributed by atoms with Crippen LogP contribution in [0.3, 0.4) is 0 Å². The molecule has 0 bridgehead atoms. The van der Waals surface area contributed by atoms with Crippen molar-refractivity contribution in [1.82, 2.24) is 9.55 Å². The maximum Gasteiger partial charge on any atom is 0.406 e. The number of nitrogens with one attached hydrogen (secondary N) is 3. The van der Waals surface area contributed by atoms with E-state index in [2.05, 4.69) is 32.8 Å². The van der Waals surface area contributed by atoms with E-state index in [1.165, 1.54) is 49.8 Å². The molecule has 0 fully saturated rings. The van der Waals surface area contributed by atoms with Gasteiger partial charge in [-0.2, -0.15) is 13.2 Å². The lowest BCUT2D eigenvalue weighted by Crippen LogP contribution is -2.20. The standard InChI is InChI=1S/C27H24F3N5O4S/c1-39-25-16-20(40(2,37)38)8-9-23(25)32-12-4-5-19-15-21-22(34-26(36)33-18-10-13-31-14-11-18)6-3-7-24(21)35(19)17-27(28,29)30/h3,6-11,13-16,32H,12,17H2,1-2H3,(H2,31,33,34,36). The molecule has 3 N–H and O–H groups in total. The fraction of sp³-hybridized carbons (Fsp3) is 0.185. The van der Waals surface area contributed by atoms with Crippen molar-refractivity contribution >= 4 is 43.8 Å². The second-order valence-electron chi connectivity index (χ2n) is 8.57. The van der Waals surface area contributed by atoms with E-state index in [9.17, 15) is 26.4 Å². The highest BCUT2D eigenvalue weighted by molar-refractivity contribution is 7.90. The number of ether oxygens (including phenoxy) is 1. The fourth-order valence-electron chi connectivity index (χ4n) is 3.89. The number of urea groups is 1. The molecule has 40 heavy (non-hydrogen) atoms. The maximum absolute atomic E-state index is 13.5. The number of alkyl halides is 3. The van der Waals surface area contributed by atoms with E-state index in [0.29, 0.717) is 22.4 Å². The van der Waals surface area contributed by atoms with Crippen molar-refractivity contribution in [2.75, 3.05) is 35.9 Å². The van der Waals surface area contributed by atoms with Gasteiger partial charge in [-0.05, 0) is 48.4 Å². The monoisotopic (exact) mass is 571 g/mol. The number of sulfone groups is 1. The van der Waals surface area contributed by atoms with Crippen molar-refractivity contribution in [3.63, 3.8) is 0 Å². The summed E-state index contributed by atoms with van der Waals surface area (Å²) < 4.78 is 70.3. The van der Waals surface area contributed by atoms with Gasteiger partial charge >= 0.3 is 12.2 Å². The van der Waals surface area contributed by atoms with Crippen LogP contribution < -0.4 is 20.7 Å². The topological polar surface area (TPSA) is 114 Å². The highest BCUT2D eigenvalue weighted by atomic mass is 32.2. The van der Waals surface area contributed by atoms with Crippen LogP contribution in [0.25, 0.3) is 10.9 Å². The van der Waals surface area contributed by atoms with Gasteiger partial charge in [0.2, 0.25) is 0 Å². The average molecular weight is 572 g/mol. The molecule has 2 amide bonds. The Hall–Kier alpha value is -4.70. The molecular weight excluding hydrogens is 547 g/mol. The summed E-state index contributed by atoms with van der Waals surface area (Å²) in [6, 6.07) is 13.0. The summed E-state index contributed by atoms with van der Waals surface area (Å²) in [5.41, 5.74) is 1.61. The Morgan fingerprint density at radius 3 is 2.48 bits per heavy atom. The first-order valence-corrected chi connectivity index (χ1v) is 13.6. The highest BCUT2D eigenvalue weighted by Crippen LogP contribution is 2.31. The molecule has 0 unspecified atom stereocenters. The van der Waals surface area contributed by atoms with E-state index in [0.717, 1.165) is 10.8 Å². The van der Waals surface area contributed by atoms with E-state index in [4.69, 9.17) is 4.74 Å². The lowest BCUT2D eigenvalue weighted by molar-refractivity contribution is -0.140. The molecule has 4 rings (SSSR count). The van der Waals surface area contributed by atoms with Gasteiger partial charge in [0.15, 0.2) is 9.84 Å². The molecule has 9 nitrogen and oxygen atoms in total. The predicted molar refractivity (Wildman–Crippen MR) is 146 cm³/mol. The Kier molecular flexibility index (Phi) is 8.20. The number of carbonyl (C=O) groups is 1. The van der Waals surface area contributed by atoms with Crippen molar-refractivity contribution in [1.29, 1.82) is 0 Å². The molecule has 0 radical (unpaired) electrons. The molecule has 0 atom stereocenters. The number of nitrogens with zero attached hydrogens (tertiary/aromatic N) is 2. The number of hydrogen-bond donors (Lipinski definition) is 3. The highest BCUT2D eigenvalue weighted by Gasteiger charge is 2.30. The Labute approximate surface area is 228 Å². The Morgan fingerprint density at radius 1 is 1.05 bits per heavy atom. The molecule has 4 aromatic rings. The minimum absolute atomic E-state index is 0.0293. The number of rotatable bonds is 7. The van der Waals surface area contributed by atoms with Gasteiger partial charge in [-0.3, -0.25) is 4.98 Å². The largest absolute Gasteiger partial charge is 0.495 e. The van der Waals surface area contributed by atoms with Gasteiger partial charge in [0.05, 0.1) is 41.1 Å². The van der Waals surface area contributed by atoms with Crippen LogP contribution in [-0.2, 0) is 16.4 Å². The molecule has 0 aliphatic heterocycles. The number of aromatic nitrogens is 2. The van der Waals surface area contributed by atoms with Crippen molar-refractivity contribution in [2.45, 2.75) is 17.6 Å². The molecule has 2 aromatic heterocycles. The number of pyridine rings is 1. The van der Waals surface area contributed by atoms with Gasteiger partial charge in [0, 0.05) is 35.8 Å². The summed E-state index contributed by atoms with van der Waals surface area (Å²) in [6.07, 6.45) is -0.422. The van der Waals surface area contributed by atoms with Crippen LogP contribution >= 0.6 is 0 Å². The zero-order chi connectivity index (χ0) is 28.9. The van der Waals surface area contributed by atoms with Gasteiger partial charge in [-0.1, -0.05) is 12.0 Å². The van der Waals surface area contributed by atoms with E-state index in [-0.39, 0.29) is 28.4 Å². The zero-order valence-electron chi connectivity index (χ0n) is 21.3. The zero-order valence-corrected chi connectivity index (χ0v) is 22.2. The van der Waals surface area contributed by atoms with Crippen LogP contribution in [0.1, 0.15) is 5.69 Å². The van der Waals surface area contributed by atoms with Gasteiger partial charge in [0.1, 0.15) is 12.3 Å². The SMILES string of the molecule is COc1cc(S(C)(=O)=O)ccc1NCC#Cc1cc2c(NC(=O)Nc3ccncc3)cccc2n1CC(F)(F)F. The second-order valence-corrected chi connectivity index (χ2v) is 10.6. The number of benzene rings is 2. The summed E-state index contributed by atoms with van der Waals surface area (Å²) in [4.78, 5) is 16.5. The van der Waals surface area contributed by atoms with E-state index in [1.807, 2.05) is 0 Å². The predicted octanol–water partition coefficient (Wildman–Crippen LogP) is 5.12. The normalized spacial score (nSPS) is 11.4. The van der Waals surface area contributed by atoms with Crippen LogP contribution in [0.15, 0.2) is 71.9 Å². The third-order valence-corrected chi connectivity index (χ3v) is 6.76. The first-order valence-electron chi connectivity index (χ1n) is 11.7. The van der Waals surface area contributed by atoms with Gasteiger partial charge in [-0.25, -0.2) is 13.2 Å². The molecular formula is C27H24F3N5O4S. The number of fused-ring (bicyclic) bond motifs is 1. The number of amides is 2. The minimum atomic E-state index is -4.52.